The van der Waals surface area contributed by atoms with E-state index in [2.05, 4.69) is 11.1 Å². The standard InChI is InChI=1S/C21H23FN2O2S/c1-24(14-15-11-12-18(26-2)16(22)13-15)21(25)10-6-5-9-20-23-17-7-3-4-8-19(17)27-20/h3-4,7-8,11-13H,5-6,9-10,14H2,1-2H3. The van der Waals surface area contributed by atoms with Crippen molar-refractivity contribution < 1.29 is 13.9 Å². The van der Waals surface area contributed by atoms with Gasteiger partial charge in [-0.2, -0.15) is 0 Å². The van der Waals surface area contributed by atoms with Gasteiger partial charge in [-0.05, 0) is 49.1 Å². The molecule has 0 saturated carbocycles. The highest BCUT2D eigenvalue weighted by atomic mass is 32.1. The summed E-state index contributed by atoms with van der Waals surface area (Å²) in [7, 11) is 3.18. The van der Waals surface area contributed by atoms with Crippen LogP contribution in [0.4, 0.5) is 4.39 Å². The zero-order valence-corrected chi connectivity index (χ0v) is 16.4. The van der Waals surface area contributed by atoms with Crippen LogP contribution >= 0.6 is 11.3 Å². The third-order valence-electron chi connectivity index (χ3n) is 4.43. The van der Waals surface area contributed by atoms with E-state index in [9.17, 15) is 9.18 Å². The second-order valence-corrected chi connectivity index (χ2v) is 7.62. The Balaban J connectivity index is 1.43. The summed E-state index contributed by atoms with van der Waals surface area (Å²) in [5, 5.41) is 1.12. The van der Waals surface area contributed by atoms with Crippen molar-refractivity contribution in [2.75, 3.05) is 14.2 Å². The van der Waals surface area contributed by atoms with E-state index in [1.54, 1.807) is 35.4 Å². The van der Waals surface area contributed by atoms with Crippen LogP contribution in [-0.4, -0.2) is 29.9 Å². The lowest BCUT2D eigenvalue weighted by atomic mass is 10.1. The second-order valence-electron chi connectivity index (χ2n) is 6.50. The van der Waals surface area contributed by atoms with Gasteiger partial charge in [0.1, 0.15) is 0 Å². The first-order chi connectivity index (χ1) is 13.1. The van der Waals surface area contributed by atoms with E-state index in [1.807, 2.05) is 18.2 Å². The van der Waals surface area contributed by atoms with Crippen LogP contribution in [-0.2, 0) is 17.8 Å². The summed E-state index contributed by atoms with van der Waals surface area (Å²) in [5.74, 6) is -0.134. The molecule has 3 aromatic rings. The number of carbonyl (C=O) groups excluding carboxylic acids is 1. The molecule has 0 atom stereocenters. The smallest absolute Gasteiger partial charge is 0.222 e. The predicted molar refractivity (Wildman–Crippen MR) is 107 cm³/mol. The molecule has 3 rings (SSSR count). The first kappa shape index (κ1) is 19.3. The molecule has 142 valence electrons. The maximum absolute atomic E-state index is 13.8. The Hall–Kier alpha value is -2.47. The van der Waals surface area contributed by atoms with Crippen LogP contribution in [0.15, 0.2) is 42.5 Å². The summed E-state index contributed by atoms with van der Waals surface area (Å²) in [5.41, 5.74) is 1.79. The Morgan fingerprint density at radius 1 is 1.22 bits per heavy atom. The Bertz CT molecular complexity index is 892. The minimum absolute atomic E-state index is 0.0653. The number of rotatable bonds is 8. The van der Waals surface area contributed by atoms with Crippen LogP contribution in [0.5, 0.6) is 5.75 Å². The fourth-order valence-electron chi connectivity index (χ4n) is 2.94. The average Bonchev–Trinajstić information content (AvgIpc) is 3.08. The number of aromatic nitrogens is 1. The number of methoxy groups -OCH3 is 1. The Morgan fingerprint density at radius 2 is 2.04 bits per heavy atom. The number of hydrogen-bond donors (Lipinski definition) is 0. The third kappa shape index (κ3) is 5.04. The molecule has 0 bridgehead atoms. The zero-order valence-electron chi connectivity index (χ0n) is 15.6. The monoisotopic (exact) mass is 386 g/mol. The van der Waals surface area contributed by atoms with Crippen molar-refractivity contribution >= 4 is 27.5 Å². The fourth-order valence-corrected chi connectivity index (χ4v) is 3.95. The number of nitrogens with zero attached hydrogens (tertiary/aromatic N) is 2. The van der Waals surface area contributed by atoms with Crippen molar-refractivity contribution in [3.05, 3.63) is 58.9 Å². The second kappa shape index (κ2) is 8.95. The summed E-state index contributed by atoms with van der Waals surface area (Å²) in [6.07, 6.45) is 3.12. The van der Waals surface area contributed by atoms with Crippen LogP contribution in [0.1, 0.15) is 29.8 Å². The van der Waals surface area contributed by atoms with Gasteiger partial charge in [0, 0.05) is 20.0 Å². The maximum Gasteiger partial charge on any atom is 0.222 e. The SMILES string of the molecule is COc1ccc(CN(C)C(=O)CCCCc2nc3ccccc3s2)cc1F. The van der Waals surface area contributed by atoms with Gasteiger partial charge in [0.15, 0.2) is 11.6 Å². The highest BCUT2D eigenvalue weighted by Gasteiger charge is 2.11. The maximum atomic E-state index is 13.8. The van der Waals surface area contributed by atoms with E-state index < -0.39 is 5.82 Å². The molecule has 0 aliphatic rings. The molecule has 0 N–H and O–H groups in total. The number of benzene rings is 2. The van der Waals surface area contributed by atoms with E-state index in [0.717, 1.165) is 35.4 Å². The van der Waals surface area contributed by atoms with Gasteiger partial charge >= 0.3 is 0 Å². The number of halogens is 1. The van der Waals surface area contributed by atoms with Gasteiger partial charge < -0.3 is 9.64 Å². The van der Waals surface area contributed by atoms with Crippen molar-refractivity contribution in [1.29, 1.82) is 0 Å². The number of hydrogen-bond acceptors (Lipinski definition) is 4. The van der Waals surface area contributed by atoms with Crippen LogP contribution in [0.3, 0.4) is 0 Å². The van der Waals surface area contributed by atoms with Gasteiger partial charge in [-0.15, -0.1) is 11.3 Å². The first-order valence-electron chi connectivity index (χ1n) is 8.97. The molecule has 6 heteroatoms. The van der Waals surface area contributed by atoms with Crippen molar-refractivity contribution in [2.45, 2.75) is 32.2 Å². The highest BCUT2D eigenvalue weighted by Crippen LogP contribution is 2.23. The van der Waals surface area contributed by atoms with Gasteiger partial charge in [0.05, 0.1) is 22.3 Å². The molecule has 2 aromatic carbocycles. The highest BCUT2D eigenvalue weighted by molar-refractivity contribution is 7.18. The van der Waals surface area contributed by atoms with Gasteiger partial charge in [-0.3, -0.25) is 4.79 Å². The van der Waals surface area contributed by atoms with Crippen molar-refractivity contribution in [3.63, 3.8) is 0 Å². The first-order valence-corrected chi connectivity index (χ1v) is 9.79. The van der Waals surface area contributed by atoms with Gasteiger partial charge in [-0.1, -0.05) is 18.2 Å². The Labute approximate surface area is 162 Å². The number of aryl methyl sites for hydroxylation is 1. The molecule has 0 aliphatic carbocycles. The number of thiazole rings is 1. The number of unbranched alkanes of at least 4 members (excludes halogenated alkanes) is 1. The average molecular weight is 386 g/mol. The molecule has 4 nitrogen and oxygen atoms in total. The van der Waals surface area contributed by atoms with E-state index in [0.29, 0.717) is 13.0 Å². The van der Waals surface area contributed by atoms with E-state index in [-0.39, 0.29) is 11.7 Å². The third-order valence-corrected chi connectivity index (χ3v) is 5.53. The number of para-hydroxylation sites is 1. The molecule has 0 unspecified atom stereocenters. The molecule has 27 heavy (non-hydrogen) atoms. The van der Waals surface area contributed by atoms with Gasteiger partial charge in [0.25, 0.3) is 0 Å². The van der Waals surface area contributed by atoms with E-state index >= 15 is 0 Å². The molecule has 0 aliphatic heterocycles. The fraction of sp³-hybridized carbons (Fsp3) is 0.333. The summed E-state index contributed by atoms with van der Waals surface area (Å²) in [6, 6.07) is 12.9. The number of fused-ring (bicyclic) bond motifs is 1. The zero-order chi connectivity index (χ0) is 19.2. The van der Waals surface area contributed by atoms with Crippen LogP contribution in [0.2, 0.25) is 0 Å². The van der Waals surface area contributed by atoms with Crippen molar-refractivity contribution in [1.82, 2.24) is 9.88 Å². The molecule has 0 fully saturated rings. The quantitative estimate of drug-likeness (QED) is 0.522. The molecular formula is C21H23FN2O2S. The lowest BCUT2D eigenvalue weighted by molar-refractivity contribution is -0.130. The predicted octanol–water partition coefficient (Wildman–Crippen LogP) is 4.82. The van der Waals surface area contributed by atoms with Gasteiger partial charge in [0.2, 0.25) is 5.91 Å². The topological polar surface area (TPSA) is 42.4 Å². The molecule has 1 amide bonds. The van der Waals surface area contributed by atoms with Crippen molar-refractivity contribution in [2.24, 2.45) is 0 Å². The molecule has 0 spiro atoms. The normalized spacial score (nSPS) is 10.9. The number of amides is 1. The summed E-state index contributed by atoms with van der Waals surface area (Å²) >= 11 is 1.72. The summed E-state index contributed by atoms with van der Waals surface area (Å²) in [6.45, 7) is 0.387. The summed E-state index contributed by atoms with van der Waals surface area (Å²) < 4.78 is 19.9. The van der Waals surface area contributed by atoms with E-state index in [1.165, 1.54) is 17.9 Å². The molecule has 1 aromatic heterocycles. The molecular weight excluding hydrogens is 363 g/mol. The lowest BCUT2D eigenvalue weighted by Gasteiger charge is -2.17. The summed E-state index contributed by atoms with van der Waals surface area (Å²) in [4.78, 5) is 18.6. The minimum atomic E-state index is -0.410. The van der Waals surface area contributed by atoms with Crippen LogP contribution in [0.25, 0.3) is 10.2 Å². The Kier molecular flexibility index (Phi) is 6.40. The number of ether oxygens (including phenoxy) is 1. The van der Waals surface area contributed by atoms with Crippen molar-refractivity contribution in [3.8, 4) is 5.75 Å². The Morgan fingerprint density at radius 3 is 2.78 bits per heavy atom. The van der Waals surface area contributed by atoms with Gasteiger partial charge in [-0.25, -0.2) is 9.37 Å². The van der Waals surface area contributed by atoms with Crippen LogP contribution in [0, 0.1) is 5.82 Å². The molecule has 1 heterocycles. The number of carbonyl (C=O) groups is 1. The molecule has 0 radical (unpaired) electrons. The van der Waals surface area contributed by atoms with E-state index in [4.69, 9.17) is 4.74 Å². The largest absolute Gasteiger partial charge is 0.494 e. The lowest BCUT2D eigenvalue weighted by Crippen LogP contribution is -2.25. The molecule has 0 saturated heterocycles. The van der Waals surface area contributed by atoms with Crippen LogP contribution < -0.4 is 4.74 Å². The minimum Gasteiger partial charge on any atom is -0.494 e.